The minimum atomic E-state index is -0.508. The highest BCUT2D eigenvalue weighted by Gasteiger charge is 2.09. The molecule has 3 rings (SSSR count). The molecule has 158 valence electrons. The lowest BCUT2D eigenvalue weighted by Crippen LogP contribution is -2.24. The van der Waals surface area contributed by atoms with Crippen LogP contribution in [-0.2, 0) is 4.79 Å². The zero-order chi connectivity index (χ0) is 22.1. The van der Waals surface area contributed by atoms with Gasteiger partial charge in [0.15, 0.2) is 18.1 Å². The molecule has 1 amide bonds. The lowest BCUT2D eigenvalue weighted by molar-refractivity contribution is -0.123. The first-order valence-electron chi connectivity index (χ1n) is 9.20. The van der Waals surface area contributed by atoms with E-state index in [1.165, 1.54) is 19.4 Å². The van der Waals surface area contributed by atoms with Crippen LogP contribution < -0.4 is 19.6 Å². The van der Waals surface area contributed by atoms with Crippen LogP contribution in [-0.4, -0.2) is 31.8 Å². The van der Waals surface area contributed by atoms with Crippen LogP contribution in [0.5, 0.6) is 17.2 Å². The fourth-order valence-electron chi connectivity index (χ4n) is 2.50. The van der Waals surface area contributed by atoms with Crippen molar-refractivity contribution in [3.63, 3.8) is 0 Å². The van der Waals surface area contributed by atoms with Crippen LogP contribution in [0.3, 0.4) is 0 Å². The van der Waals surface area contributed by atoms with Gasteiger partial charge in [-0.3, -0.25) is 4.79 Å². The maximum absolute atomic E-state index is 12.1. The van der Waals surface area contributed by atoms with Gasteiger partial charge in [0.05, 0.1) is 18.9 Å². The zero-order valence-electron chi connectivity index (χ0n) is 16.6. The summed E-state index contributed by atoms with van der Waals surface area (Å²) in [5.41, 5.74) is 3.44. The molecule has 0 bridgehead atoms. The second-order valence-electron chi connectivity index (χ2n) is 6.20. The minimum absolute atomic E-state index is 0.212. The third kappa shape index (κ3) is 6.58. The van der Waals surface area contributed by atoms with Gasteiger partial charge < -0.3 is 14.2 Å². The second-order valence-corrected chi connectivity index (χ2v) is 6.64. The highest BCUT2D eigenvalue weighted by atomic mass is 35.5. The van der Waals surface area contributed by atoms with Crippen LogP contribution in [0, 0.1) is 0 Å². The fourth-order valence-corrected chi connectivity index (χ4v) is 2.69. The molecule has 1 N–H and O–H groups in total. The number of esters is 1. The number of rotatable bonds is 8. The van der Waals surface area contributed by atoms with Crippen molar-refractivity contribution in [3.8, 4) is 17.2 Å². The molecule has 31 heavy (non-hydrogen) atoms. The van der Waals surface area contributed by atoms with E-state index in [-0.39, 0.29) is 6.61 Å². The molecule has 8 heteroatoms. The first-order chi connectivity index (χ1) is 15.0. The molecular weight excluding hydrogens is 420 g/mol. The number of hydrogen-bond donors (Lipinski definition) is 1. The number of methoxy groups -OCH3 is 1. The van der Waals surface area contributed by atoms with Crippen molar-refractivity contribution in [1.82, 2.24) is 5.43 Å². The van der Waals surface area contributed by atoms with Crippen LogP contribution in [0.15, 0.2) is 77.9 Å². The SMILES string of the molecule is COc1ccccc1OCC(=O)NN=Cc1ccc(OC(=O)c2cccc(Cl)c2)cc1. The summed E-state index contributed by atoms with van der Waals surface area (Å²) < 4.78 is 15.9. The summed E-state index contributed by atoms with van der Waals surface area (Å²) in [6.07, 6.45) is 1.46. The lowest BCUT2D eigenvalue weighted by Gasteiger charge is -2.09. The number of hydrogen-bond acceptors (Lipinski definition) is 6. The molecule has 0 fully saturated rings. The highest BCUT2D eigenvalue weighted by Crippen LogP contribution is 2.25. The van der Waals surface area contributed by atoms with Crippen molar-refractivity contribution in [1.29, 1.82) is 0 Å². The molecule has 0 saturated carbocycles. The maximum atomic E-state index is 12.1. The molecule has 0 aliphatic rings. The Bertz CT molecular complexity index is 1080. The van der Waals surface area contributed by atoms with E-state index in [9.17, 15) is 9.59 Å². The van der Waals surface area contributed by atoms with Crippen molar-refractivity contribution >= 4 is 29.7 Å². The number of benzene rings is 3. The summed E-state index contributed by atoms with van der Waals surface area (Å²) in [6.45, 7) is -0.212. The van der Waals surface area contributed by atoms with Gasteiger partial charge in [-0.2, -0.15) is 5.10 Å². The smallest absolute Gasteiger partial charge is 0.343 e. The molecular formula is C23H19ClN2O5. The number of nitrogens with zero attached hydrogens (tertiary/aromatic N) is 1. The van der Waals surface area contributed by atoms with Gasteiger partial charge in [0.2, 0.25) is 0 Å². The van der Waals surface area contributed by atoms with E-state index in [1.54, 1.807) is 66.7 Å². The molecule has 0 unspecified atom stereocenters. The van der Waals surface area contributed by atoms with E-state index in [4.69, 9.17) is 25.8 Å². The molecule has 0 spiro atoms. The highest BCUT2D eigenvalue weighted by molar-refractivity contribution is 6.30. The van der Waals surface area contributed by atoms with E-state index >= 15 is 0 Å². The number of ether oxygens (including phenoxy) is 3. The summed E-state index contributed by atoms with van der Waals surface area (Å²) in [6, 6.07) is 20.2. The third-order valence-corrected chi connectivity index (χ3v) is 4.22. The standard InChI is InChI=1S/C23H19ClN2O5/c1-29-20-7-2-3-8-21(20)30-15-22(27)26-25-14-16-9-11-19(12-10-16)31-23(28)17-5-4-6-18(24)13-17/h2-14H,15H2,1H3,(H,26,27). The number of para-hydroxylation sites is 2. The van der Waals surface area contributed by atoms with Crippen molar-refractivity contribution in [2.45, 2.75) is 0 Å². The number of carbonyl (C=O) groups is 2. The zero-order valence-corrected chi connectivity index (χ0v) is 17.3. The van der Waals surface area contributed by atoms with Crippen LogP contribution in [0.1, 0.15) is 15.9 Å². The van der Waals surface area contributed by atoms with Crippen LogP contribution in [0.4, 0.5) is 0 Å². The summed E-state index contributed by atoms with van der Waals surface area (Å²) in [7, 11) is 1.52. The molecule has 0 heterocycles. The van der Waals surface area contributed by atoms with E-state index in [0.717, 1.165) is 0 Å². The lowest BCUT2D eigenvalue weighted by atomic mass is 10.2. The monoisotopic (exact) mass is 438 g/mol. The number of carbonyl (C=O) groups excluding carboxylic acids is 2. The Labute approximate surface area is 184 Å². The van der Waals surface area contributed by atoms with Crippen molar-refractivity contribution in [2.24, 2.45) is 5.10 Å². The van der Waals surface area contributed by atoms with Gasteiger partial charge in [-0.05, 0) is 60.2 Å². The first-order valence-corrected chi connectivity index (χ1v) is 9.58. The average molecular weight is 439 g/mol. The molecule has 3 aromatic rings. The second kappa shape index (κ2) is 10.8. The Morgan fingerprint density at radius 2 is 1.74 bits per heavy atom. The summed E-state index contributed by atoms with van der Waals surface area (Å²) >= 11 is 5.88. The molecule has 3 aromatic carbocycles. The fraction of sp³-hybridized carbons (Fsp3) is 0.0870. The van der Waals surface area contributed by atoms with E-state index < -0.39 is 11.9 Å². The first kappa shape index (κ1) is 21.9. The largest absolute Gasteiger partial charge is 0.493 e. The van der Waals surface area contributed by atoms with Crippen molar-refractivity contribution < 1.29 is 23.8 Å². The summed E-state index contributed by atoms with van der Waals surface area (Å²) in [4.78, 5) is 24.0. The average Bonchev–Trinajstić information content (AvgIpc) is 2.79. The maximum Gasteiger partial charge on any atom is 0.343 e. The van der Waals surface area contributed by atoms with E-state index in [0.29, 0.717) is 33.4 Å². The van der Waals surface area contributed by atoms with Gasteiger partial charge >= 0.3 is 5.97 Å². The number of halogens is 1. The van der Waals surface area contributed by atoms with Gasteiger partial charge in [-0.25, -0.2) is 10.2 Å². The number of hydrazone groups is 1. The normalized spacial score (nSPS) is 10.5. The Morgan fingerprint density at radius 3 is 2.45 bits per heavy atom. The van der Waals surface area contributed by atoms with Gasteiger partial charge in [0.1, 0.15) is 5.75 Å². The Balaban J connectivity index is 1.48. The predicted octanol–water partition coefficient (Wildman–Crippen LogP) is 4.10. The van der Waals surface area contributed by atoms with Gasteiger partial charge in [-0.15, -0.1) is 0 Å². The number of amides is 1. The molecule has 0 aliphatic heterocycles. The molecule has 0 aliphatic carbocycles. The molecule has 0 atom stereocenters. The Hall–Kier alpha value is -3.84. The van der Waals surface area contributed by atoms with Crippen LogP contribution in [0.2, 0.25) is 5.02 Å². The summed E-state index contributed by atoms with van der Waals surface area (Å²) in [5, 5.41) is 4.34. The predicted molar refractivity (Wildman–Crippen MR) is 117 cm³/mol. The Kier molecular flexibility index (Phi) is 7.61. The van der Waals surface area contributed by atoms with Crippen LogP contribution in [0.25, 0.3) is 0 Å². The minimum Gasteiger partial charge on any atom is -0.493 e. The third-order valence-electron chi connectivity index (χ3n) is 3.98. The number of nitrogens with one attached hydrogen (secondary N) is 1. The molecule has 0 radical (unpaired) electrons. The summed E-state index contributed by atoms with van der Waals surface area (Å²) in [5.74, 6) is 0.443. The topological polar surface area (TPSA) is 86.2 Å². The molecule has 0 aromatic heterocycles. The molecule has 0 saturated heterocycles. The van der Waals surface area contributed by atoms with E-state index in [1.807, 2.05) is 0 Å². The van der Waals surface area contributed by atoms with Crippen LogP contribution >= 0.6 is 11.6 Å². The Morgan fingerprint density at radius 1 is 1.00 bits per heavy atom. The van der Waals surface area contributed by atoms with E-state index in [2.05, 4.69) is 10.5 Å². The quantitative estimate of drug-likeness (QED) is 0.248. The van der Waals surface area contributed by atoms with Gasteiger partial charge in [-0.1, -0.05) is 29.8 Å². The van der Waals surface area contributed by atoms with Crippen molar-refractivity contribution in [2.75, 3.05) is 13.7 Å². The van der Waals surface area contributed by atoms with Gasteiger partial charge in [0, 0.05) is 5.02 Å². The van der Waals surface area contributed by atoms with Gasteiger partial charge in [0.25, 0.3) is 5.91 Å². The molecule has 7 nitrogen and oxygen atoms in total. The van der Waals surface area contributed by atoms with Crippen molar-refractivity contribution in [3.05, 3.63) is 88.9 Å².